The molecule has 1 aliphatic heterocycles. The second-order valence-corrected chi connectivity index (χ2v) is 5.42. The maximum absolute atomic E-state index is 13.6. The average molecular weight is 296 g/mol. The molecule has 0 unspecified atom stereocenters. The van der Waals surface area contributed by atoms with E-state index in [-0.39, 0.29) is 11.9 Å². The predicted molar refractivity (Wildman–Crippen MR) is 82.6 cm³/mol. The molecule has 22 heavy (non-hydrogen) atoms. The SMILES string of the molecule is N#Cc1ccc(-c2ccc(F)cc2CO[C@H]2CCNC2)cc1. The van der Waals surface area contributed by atoms with Crippen LogP contribution < -0.4 is 5.32 Å². The first-order valence-corrected chi connectivity index (χ1v) is 7.37. The number of hydrogen-bond donors (Lipinski definition) is 1. The summed E-state index contributed by atoms with van der Waals surface area (Å²) >= 11 is 0. The van der Waals surface area contributed by atoms with Gasteiger partial charge in [0.15, 0.2) is 0 Å². The van der Waals surface area contributed by atoms with E-state index in [1.807, 2.05) is 12.1 Å². The molecule has 0 spiro atoms. The smallest absolute Gasteiger partial charge is 0.123 e. The van der Waals surface area contributed by atoms with Crippen molar-refractivity contribution < 1.29 is 9.13 Å². The van der Waals surface area contributed by atoms with Crippen molar-refractivity contribution in [3.05, 3.63) is 59.4 Å². The highest BCUT2D eigenvalue weighted by Gasteiger charge is 2.16. The van der Waals surface area contributed by atoms with Gasteiger partial charge in [-0.3, -0.25) is 0 Å². The van der Waals surface area contributed by atoms with Gasteiger partial charge < -0.3 is 10.1 Å². The van der Waals surface area contributed by atoms with E-state index in [1.165, 1.54) is 12.1 Å². The van der Waals surface area contributed by atoms with Gasteiger partial charge in [-0.25, -0.2) is 4.39 Å². The molecular formula is C18H17FN2O. The van der Waals surface area contributed by atoms with Gasteiger partial charge >= 0.3 is 0 Å². The van der Waals surface area contributed by atoms with Crippen LogP contribution in [0.5, 0.6) is 0 Å². The Morgan fingerprint density at radius 1 is 1.23 bits per heavy atom. The standard InChI is InChI=1S/C18H17FN2O/c19-16-5-6-18(14-3-1-13(10-20)2-4-14)15(9-16)12-22-17-7-8-21-11-17/h1-6,9,17,21H,7-8,11-12H2/t17-/m0/s1. The minimum absolute atomic E-state index is 0.192. The summed E-state index contributed by atoms with van der Waals surface area (Å²) in [6, 6.07) is 14.1. The van der Waals surface area contributed by atoms with Crippen molar-refractivity contribution in [1.29, 1.82) is 5.26 Å². The highest BCUT2D eigenvalue weighted by molar-refractivity contribution is 5.68. The Labute approximate surface area is 129 Å². The molecule has 0 aromatic heterocycles. The number of benzene rings is 2. The van der Waals surface area contributed by atoms with Crippen molar-refractivity contribution in [2.45, 2.75) is 19.1 Å². The highest BCUT2D eigenvalue weighted by atomic mass is 19.1. The maximum Gasteiger partial charge on any atom is 0.123 e. The number of rotatable bonds is 4. The third kappa shape index (κ3) is 3.33. The number of hydrogen-bond acceptors (Lipinski definition) is 3. The Morgan fingerprint density at radius 3 is 2.73 bits per heavy atom. The first-order chi connectivity index (χ1) is 10.8. The van der Waals surface area contributed by atoms with Crippen molar-refractivity contribution in [2.75, 3.05) is 13.1 Å². The lowest BCUT2D eigenvalue weighted by molar-refractivity contribution is 0.0543. The van der Waals surface area contributed by atoms with Gasteiger partial charge in [0.2, 0.25) is 0 Å². The van der Waals surface area contributed by atoms with Crippen LogP contribution in [-0.4, -0.2) is 19.2 Å². The third-order valence-electron chi connectivity index (χ3n) is 3.88. The van der Waals surface area contributed by atoms with Crippen LogP contribution in [0, 0.1) is 17.1 Å². The molecule has 0 aliphatic carbocycles. The van der Waals surface area contributed by atoms with Gasteiger partial charge in [0, 0.05) is 6.54 Å². The quantitative estimate of drug-likeness (QED) is 0.942. The fourth-order valence-electron chi connectivity index (χ4n) is 2.67. The topological polar surface area (TPSA) is 45.0 Å². The van der Waals surface area contributed by atoms with Gasteiger partial charge in [-0.15, -0.1) is 0 Å². The Hall–Kier alpha value is -2.22. The molecule has 4 heteroatoms. The number of nitrogens with one attached hydrogen (secondary N) is 1. The van der Waals surface area contributed by atoms with Crippen molar-refractivity contribution in [2.24, 2.45) is 0 Å². The summed E-state index contributed by atoms with van der Waals surface area (Å²) in [6.45, 7) is 2.21. The molecule has 0 saturated carbocycles. The zero-order valence-corrected chi connectivity index (χ0v) is 12.2. The normalized spacial score (nSPS) is 17.4. The van der Waals surface area contributed by atoms with Crippen LogP contribution in [0.15, 0.2) is 42.5 Å². The fourth-order valence-corrected chi connectivity index (χ4v) is 2.67. The molecule has 1 aliphatic rings. The van der Waals surface area contributed by atoms with Crippen LogP contribution in [0.1, 0.15) is 17.5 Å². The van der Waals surface area contributed by atoms with Crippen molar-refractivity contribution in [1.82, 2.24) is 5.32 Å². The van der Waals surface area contributed by atoms with Crippen LogP contribution in [0.25, 0.3) is 11.1 Å². The van der Waals surface area contributed by atoms with E-state index < -0.39 is 0 Å². The first kappa shape index (κ1) is 14.7. The lowest BCUT2D eigenvalue weighted by Gasteiger charge is -2.14. The second kappa shape index (κ2) is 6.69. The molecule has 1 heterocycles. The Bertz CT molecular complexity index is 685. The van der Waals surface area contributed by atoms with Gasteiger partial charge in [-0.2, -0.15) is 5.26 Å². The molecular weight excluding hydrogens is 279 g/mol. The molecule has 0 bridgehead atoms. The average Bonchev–Trinajstić information content (AvgIpc) is 3.07. The Morgan fingerprint density at radius 2 is 2.05 bits per heavy atom. The summed E-state index contributed by atoms with van der Waals surface area (Å²) < 4.78 is 19.4. The molecule has 1 N–H and O–H groups in total. The van der Waals surface area contributed by atoms with Crippen molar-refractivity contribution in [3.63, 3.8) is 0 Å². The fraction of sp³-hybridized carbons (Fsp3) is 0.278. The van der Waals surface area contributed by atoms with E-state index in [1.54, 1.807) is 18.2 Å². The largest absolute Gasteiger partial charge is 0.372 e. The Kier molecular flexibility index (Phi) is 4.47. The number of nitrogens with zero attached hydrogens (tertiary/aromatic N) is 1. The maximum atomic E-state index is 13.6. The summed E-state index contributed by atoms with van der Waals surface area (Å²) in [7, 11) is 0. The van der Waals surface area contributed by atoms with E-state index in [9.17, 15) is 4.39 Å². The lowest BCUT2D eigenvalue weighted by Crippen LogP contribution is -2.16. The summed E-state index contributed by atoms with van der Waals surface area (Å²) in [5.41, 5.74) is 3.34. The second-order valence-electron chi connectivity index (χ2n) is 5.42. The minimum Gasteiger partial charge on any atom is -0.372 e. The molecule has 1 atom stereocenters. The van der Waals surface area contributed by atoms with Crippen LogP contribution >= 0.6 is 0 Å². The van der Waals surface area contributed by atoms with Crippen LogP contribution in [0.4, 0.5) is 4.39 Å². The highest BCUT2D eigenvalue weighted by Crippen LogP contribution is 2.26. The molecule has 0 radical (unpaired) electrons. The van der Waals surface area contributed by atoms with Gasteiger partial charge in [-0.1, -0.05) is 18.2 Å². The van der Waals surface area contributed by atoms with Gasteiger partial charge in [0.1, 0.15) is 5.82 Å². The van der Waals surface area contributed by atoms with Crippen LogP contribution in [-0.2, 0) is 11.3 Å². The van der Waals surface area contributed by atoms with Gasteiger partial charge in [-0.05, 0) is 53.9 Å². The number of nitriles is 1. The van der Waals surface area contributed by atoms with Gasteiger partial charge in [0.25, 0.3) is 0 Å². The molecule has 0 amide bonds. The van der Waals surface area contributed by atoms with E-state index in [4.69, 9.17) is 10.00 Å². The Balaban J connectivity index is 1.84. The molecule has 3 nitrogen and oxygen atoms in total. The molecule has 1 fully saturated rings. The van der Waals surface area contributed by atoms with E-state index in [0.717, 1.165) is 36.2 Å². The lowest BCUT2D eigenvalue weighted by atomic mass is 9.99. The number of ether oxygens (including phenoxy) is 1. The zero-order valence-electron chi connectivity index (χ0n) is 12.2. The molecule has 2 aromatic carbocycles. The minimum atomic E-state index is -0.263. The summed E-state index contributed by atoms with van der Waals surface area (Å²) in [4.78, 5) is 0. The van der Waals surface area contributed by atoms with E-state index in [0.29, 0.717) is 12.2 Å². The van der Waals surface area contributed by atoms with E-state index >= 15 is 0 Å². The first-order valence-electron chi connectivity index (χ1n) is 7.37. The van der Waals surface area contributed by atoms with Crippen molar-refractivity contribution >= 4 is 0 Å². The molecule has 2 aromatic rings. The predicted octanol–water partition coefficient (Wildman–Crippen LogP) is 3.24. The molecule has 3 rings (SSSR count). The summed E-state index contributed by atoms with van der Waals surface area (Å²) in [6.07, 6.45) is 1.18. The van der Waals surface area contributed by atoms with Gasteiger partial charge in [0.05, 0.1) is 24.3 Å². The molecule has 112 valence electrons. The van der Waals surface area contributed by atoms with E-state index in [2.05, 4.69) is 11.4 Å². The third-order valence-corrected chi connectivity index (χ3v) is 3.88. The van der Waals surface area contributed by atoms with Crippen LogP contribution in [0.3, 0.4) is 0 Å². The monoisotopic (exact) mass is 296 g/mol. The van der Waals surface area contributed by atoms with Crippen molar-refractivity contribution in [3.8, 4) is 17.2 Å². The molecule has 1 saturated heterocycles. The summed E-state index contributed by atoms with van der Waals surface area (Å²) in [5, 5.41) is 12.1. The zero-order chi connectivity index (χ0) is 15.4. The summed E-state index contributed by atoms with van der Waals surface area (Å²) in [5.74, 6) is -0.263. The number of halogens is 1. The van der Waals surface area contributed by atoms with Crippen LogP contribution in [0.2, 0.25) is 0 Å².